The highest BCUT2D eigenvalue weighted by Crippen LogP contribution is 2.68. The third kappa shape index (κ3) is 4.99. The molecule has 5 unspecified atom stereocenters. The van der Waals surface area contributed by atoms with Crippen LogP contribution >= 0.6 is 0 Å². The van der Waals surface area contributed by atoms with Crippen LogP contribution in [-0.4, -0.2) is 12.1 Å². The van der Waals surface area contributed by atoms with E-state index in [1.807, 2.05) is 0 Å². The third-order valence-electron chi connectivity index (χ3n) is 12.6. The molecule has 214 valence electrons. The van der Waals surface area contributed by atoms with Gasteiger partial charge in [-0.15, -0.1) is 0 Å². The van der Waals surface area contributed by atoms with E-state index < -0.39 is 0 Å². The molecule has 0 N–H and O–H groups in total. The molecule has 0 spiro atoms. The number of rotatable bonds is 6. The number of allylic oxidation sites excluding steroid dienone is 1. The van der Waals surface area contributed by atoms with Crippen molar-refractivity contribution in [3.05, 3.63) is 77.9 Å². The van der Waals surface area contributed by atoms with Crippen LogP contribution in [0, 0.1) is 46.3 Å². The highest BCUT2D eigenvalue weighted by Gasteiger charge is 2.60. The first kappa shape index (κ1) is 27.8. The molecule has 40 heavy (non-hydrogen) atoms. The van der Waals surface area contributed by atoms with E-state index in [9.17, 15) is 4.79 Å². The Balaban J connectivity index is 1.18. The van der Waals surface area contributed by atoms with Crippen LogP contribution in [0.1, 0.15) is 103 Å². The maximum Gasteiger partial charge on any atom is 0.302 e. The van der Waals surface area contributed by atoms with Gasteiger partial charge in [0, 0.05) is 6.92 Å². The van der Waals surface area contributed by atoms with Crippen LogP contribution in [-0.2, 0) is 9.53 Å². The van der Waals surface area contributed by atoms with Crippen LogP contribution in [0.15, 0.2) is 66.7 Å². The van der Waals surface area contributed by atoms with Crippen molar-refractivity contribution >= 4 is 11.5 Å². The Kier molecular flexibility index (Phi) is 7.75. The zero-order valence-electron chi connectivity index (χ0n) is 25.3. The summed E-state index contributed by atoms with van der Waals surface area (Å²) in [5, 5.41) is 0. The quantitative estimate of drug-likeness (QED) is 0.342. The van der Waals surface area contributed by atoms with Gasteiger partial charge in [0.15, 0.2) is 0 Å². The molecule has 2 heteroatoms. The Morgan fingerprint density at radius 1 is 0.850 bits per heavy atom. The number of fused-ring (bicyclic) bond motifs is 5. The zero-order valence-corrected chi connectivity index (χ0v) is 25.3. The van der Waals surface area contributed by atoms with Crippen molar-refractivity contribution in [3.63, 3.8) is 0 Å². The van der Waals surface area contributed by atoms with Gasteiger partial charge >= 0.3 is 5.97 Å². The molecule has 2 aromatic carbocycles. The molecule has 4 aliphatic rings. The molecule has 2 aromatic rings. The van der Waals surface area contributed by atoms with Gasteiger partial charge in [0.1, 0.15) is 6.10 Å². The van der Waals surface area contributed by atoms with Crippen molar-refractivity contribution in [3.8, 4) is 0 Å². The topological polar surface area (TPSA) is 26.3 Å². The Bertz CT molecular complexity index is 1160. The fourth-order valence-electron chi connectivity index (χ4n) is 10.6. The van der Waals surface area contributed by atoms with Crippen molar-refractivity contribution in [2.45, 2.75) is 98.0 Å². The van der Waals surface area contributed by atoms with Gasteiger partial charge in [-0.25, -0.2) is 0 Å². The minimum absolute atomic E-state index is 0.101. The van der Waals surface area contributed by atoms with Gasteiger partial charge in [0.05, 0.1) is 0 Å². The van der Waals surface area contributed by atoms with E-state index in [-0.39, 0.29) is 12.1 Å². The summed E-state index contributed by atoms with van der Waals surface area (Å²) in [5.74, 6) is 4.77. The molecule has 9 atom stereocenters. The molecule has 0 bridgehead atoms. The molecule has 0 amide bonds. The van der Waals surface area contributed by atoms with E-state index >= 15 is 0 Å². The van der Waals surface area contributed by atoms with Gasteiger partial charge in [-0.1, -0.05) is 87.5 Å². The maximum atomic E-state index is 11.6. The Morgan fingerprint density at radius 2 is 1.48 bits per heavy atom. The number of ether oxygens (including phenoxy) is 1. The van der Waals surface area contributed by atoms with Gasteiger partial charge < -0.3 is 4.74 Å². The Labute approximate surface area is 243 Å². The highest BCUT2D eigenvalue weighted by atomic mass is 16.5. The molecule has 2 nitrogen and oxygen atoms in total. The summed E-state index contributed by atoms with van der Waals surface area (Å²) in [6.45, 7) is 9.43. The summed E-state index contributed by atoms with van der Waals surface area (Å²) in [4.78, 5) is 11.6. The monoisotopic (exact) mass is 538 g/mol. The normalized spacial score (nSPS) is 37.4. The fraction of sp³-hybridized carbons (Fsp3) is 0.605. The number of hydrogen-bond donors (Lipinski definition) is 0. The molecule has 0 aliphatic heterocycles. The van der Waals surface area contributed by atoms with Gasteiger partial charge in [-0.2, -0.15) is 0 Å². The summed E-state index contributed by atoms with van der Waals surface area (Å²) in [6, 6.07) is 21.9. The number of carbonyl (C=O) groups excluding carboxylic acids is 1. The zero-order chi connectivity index (χ0) is 27.9. The maximum absolute atomic E-state index is 11.6. The minimum Gasteiger partial charge on any atom is -0.463 e. The first-order valence-electron chi connectivity index (χ1n) is 16.3. The predicted molar refractivity (Wildman–Crippen MR) is 165 cm³/mol. The average Bonchev–Trinajstić information content (AvgIpc) is 3.31. The molecular weight excluding hydrogens is 488 g/mol. The molecule has 0 heterocycles. The van der Waals surface area contributed by atoms with E-state index in [0.29, 0.717) is 16.7 Å². The molecule has 0 aromatic heterocycles. The number of benzene rings is 2. The van der Waals surface area contributed by atoms with Crippen LogP contribution in [0.2, 0.25) is 0 Å². The molecule has 0 radical (unpaired) electrons. The second-order valence-electron chi connectivity index (χ2n) is 14.5. The summed E-state index contributed by atoms with van der Waals surface area (Å²) < 4.78 is 5.70. The van der Waals surface area contributed by atoms with Crippen molar-refractivity contribution in [2.24, 2.45) is 46.3 Å². The predicted octanol–water partition coefficient (Wildman–Crippen LogP) is 9.74. The van der Waals surface area contributed by atoms with Gasteiger partial charge in [0.25, 0.3) is 0 Å². The number of hydrogen-bond acceptors (Lipinski definition) is 2. The lowest BCUT2D eigenvalue weighted by Crippen LogP contribution is -2.54. The van der Waals surface area contributed by atoms with Crippen molar-refractivity contribution in [1.82, 2.24) is 0 Å². The van der Waals surface area contributed by atoms with Crippen LogP contribution in [0.4, 0.5) is 0 Å². The standard InChI is InChI=1S/C38H50O2/c1-26(15-17-32(28-11-7-5-8-12-28)29-13-9-6-10-14-29)34-19-20-35-33-18-16-30-25-31(40-27(2)39)21-23-37(30,3)36(33)22-24-38(34,35)4/h5-14,17,26,30-31,33-36H,15-16,18-25H2,1-4H3/t26?,30-,31-,33?,34?,35?,36?,37+,38-/m0/s1. The van der Waals surface area contributed by atoms with Crippen LogP contribution < -0.4 is 0 Å². The minimum atomic E-state index is -0.101. The Morgan fingerprint density at radius 3 is 2.12 bits per heavy atom. The second-order valence-corrected chi connectivity index (χ2v) is 14.5. The van der Waals surface area contributed by atoms with Crippen molar-refractivity contribution in [1.29, 1.82) is 0 Å². The SMILES string of the molecule is CC(=O)O[C@H]1CC[C@@]2(C)C3CC[C@@]4(C)C(C(C)CC=C(c5ccccc5)c5ccccc5)CCC4C3CC[C@H]2C1. The summed E-state index contributed by atoms with van der Waals surface area (Å²) in [7, 11) is 0. The number of carbonyl (C=O) groups is 1. The first-order valence-corrected chi connectivity index (χ1v) is 16.3. The molecule has 4 fully saturated rings. The molecule has 0 saturated heterocycles. The van der Waals surface area contributed by atoms with E-state index in [4.69, 9.17) is 4.74 Å². The summed E-state index contributed by atoms with van der Waals surface area (Å²) in [6.07, 6.45) is 15.6. The van der Waals surface area contributed by atoms with Crippen molar-refractivity contribution < 1.29 is 9.53 Å². The lowest BCUT2D eigenvalue weighted by atomic mass is 9.44. The van der Waals surface area contributed by atoms with Gasteiger partial charge in [-0.3, -0.25) is 4.79 Å². The summed E-state index contributed by atoms with van der Waals surface area (Å²) >= 11 is 0. The van der Waals surface area contributed by atoms with E-state index in [1.165, 1.54) is 61.6 Å². The summed E-state index contributed by atoms with van der Waals surface area (Å²) in [5.41, 5.74) is 4.95. The van der Waals surface area contributed by atoms with Gasteiger partial charge in [-0.05, 0) is 127 Å². The van der Waals surface area contributed by atoms with Crippen molar-refractivity contribution in [2.75, 3.05) is 0 Å². The lowest BCUT2D eigenvalue weighted by molar-refractivity contribution is -0.160. The third-order valence-corrected chi connectivity index (χ3v) is 12.6. The lowest BCUT2D eigenvalue weighted by Gasteiger charge is -2.61. The molecule has 6 rings (SSSR count). The van der Waals surface area contributed by atoms with Gasteiger partial charge in [0.2, 0.25) is 0 Å². The fourth-order valence-corrected chi connectivity index (χ4v) is 10.6. The van der Waals surface area contributed by atoms with E-state index in [0.717, 1.165) is 48.9 Å². The Hall–Kier alpha value is -2.35. The largest absolute Gasteiger partial charge is 0.463 e. The van der Waals surface area contributed by atoms with Crippen LogP contribution in [0.3, 0.4) is 0 Å². The first-order chi connectivity index (χ1) is 19.3. The van der Waals surface area contributed by atoms with Crippen LogP contribution in [0.5, 0.6) is 0 Å². The second kappa shape index (κ2) is 11.1. The average molecular weight is 539 g/mol. The highest BCUT2D eigenvalue weighted by molar-refractivity contribution is 5.79. The number of esters is 1. The molecule has 4 saturated carbocycles. The van der Waals surface area contributed by atoms with Crippen LogP contribution in [0.25, 0.3) is 5.57 Å². The smallest absolute Gasteiger partial charge is 0.302 e. The molecule has 4 aliphatic carbocycles. The van der Waals surface area contributed by atoms with E-state index in [1.54, 1.807) is 6.92 Å². The van der Waals surface area contributed by atoms with E-state index in [2.05, 4.69) is 87.5 Å². The molecular formula is C38H50O2.